The summed E-state index contributed by atoms with van der Waals surface area (Å²) in [6.45, 7) is 18.1. The zero-order chi connectivity index (χ0) is 91.8. The number of unbranched alkanes of at least 4 members (excludes halogenated alkanes) is 54. The Morgan fingerprint density at radius 2 is 0.538 bits per heavy atom. The van der Waals surface area contributed by atoms with Gasteiger partial charge in [-0.3, -0.25) is 9.59 Å². The number of rotatable bonds is 76. The Kier molecular flexibility index (Phi) is 53.4. The molecule has 8 aliphatic carbocycles. The number of benzene rings is 4. The van der Waals surface area contributed by atoms with Crippen LogP contribution in [0, 0.1) is 23.7 Å². The quantitative estimate of drug-likeness (QED) is 0.0337. The fraction of sp³-hybridized carbons (Fsp3) is 0.705. The van der Waals surface area contributed by atoms with Gasteiger partial charge in [-0.25, -0.2) is 9.59 Å². The summed E-state index contributed by atoms with van der Waals surface area (Å²) in [6, 6.07) is 24.5. The number of ether oxygens (including phenoxy) is 2. The maximum atomic E-state index is 14.9. The number of hydrogen-bond donors (Lipinski definition) is 2. The lowest BCUT2D eigenvalue weighted by Crippen LogP contribution is -2.49. The SMILES string of the molecule is CCCCCCCCCCCCc1cc(C(=O)NC[C@@H](C)OC(=O)C2=CC3C(C=C2)C2c4ccccc4C3C3c4cc(C(=O)O[C@H](C)CNC(=O)c5cc(CCCCCCCCCCCC)c(CCCCCCCCCCCC)c(CCCCCCCCCCCC)c5)ccc4C2C2C=CC=CC23)cc(CCCCCCCCCCCC)c1CCCCCCCCCCCC. The van der Waals surface area contributed by atoms with E-state index in [4.69, 9.17) is 9.47 Å². The van der Waals surface area contributed by atoms with Crippen molar-refractivity contribution in [1.29, 1.82) is 0 Å². The third kappa shape index (κ3) is 36.7. The van der Waals surface area contributed by atoms with Gasteiger partial charge in [-0.15, -0.1) is 0 Å². The van der Waals surface area contributed by atoms with E-state index in [1.165, 1.54) is 415 Å². The number of amides is 2. The van der Waals surface area contributed by atoms with Crippen molar-refractivity contribution in [3.63, 3.8) is 0 Å². The van der Waals surface area contributed by atoms with Crippen molar-refractivity contribution in [2.24, 2.45) is 23.7 Å². The summed E-state index contributed by atoms with van der Waals surface area (Å²) in [5, 5.41) is 6.60. The highest BCUT2D eigenvalue weighted by atomic mass is 16.5. The largest absolute Gasteiger partial charge is 0.457 e. The van der Waals surface area contributed by atoms with Gasteiger partial charge in [0.1, 0.15) is 12.2 Å². The second-order valence-corrected chi connectivity index (χ2v) is 41.6. The Labute approximate surface area is 797 Å². The minimum atomic E-state index is -0.575. The zero-order valence-electron chi connectivity index (χ0n) is 84.7. The molecule has 8 heteroatoms. The van der Waals surface area contributed by atoms with Gasteiger partial charge < -0.3 is 20.1 Å². The third-order valence-corrected chi connectivity index (χ3v) is 30.8. The zero-order valence-corrected chi connectivity index (χ0v) is 84.7. The Bertz CT molecular complexity index is 3850. The highest BCUT2D eigenvalue weighted by Crippen LogP contribution is 2.69. The van der Waals surface area contributed by atoms with Crippen molar-refractivity contribution in [1.82, 2.24) is 10.6 Å². The first-order valence-corrected chi connectivity index (χ1v) is 56.2. The van der Waals surface area contributed by atoms with Crippen LogP contribution in [0.2, 0.25) is 0 Å². The van der Waals surface area contributed by atoms with Gasteiger partial charge in [-0.05, 0) is 230 Å². The number of aryl methyl sites for hydroxylation is 4. The second-order valence-electron chi connectivity index (χ2n) is 41.6. The molecule has 4 aromatic rings. The molecular formula is C122H190N2O6. The molecule has 0 spiro atoms. The first kappa shape index (κ1) is 107. The van der Waals surface area contributed by atoms with E-state index in [1.807, 2.05) is 26.0 Å². The molecule has 0 aliphatic heterocycles. The number of allylic oxidation sites excluding steroid dienone is 6. The molecule has 2 N–H and O–H groups in total. The summed E-state index contributed by atoms with van der Waals surface area (Å²) in [4.78, 5) is 59.5. The lowest BCUT2D eigenvalue weighted by Gasteiger charge is -2.59. The van der Waals surface area contributed by atoms with Gasteiger partial charge in [0.2, 0.25) is 0 Å². The number of carbonyl (C=O) groups excluding carboxylic acids is 4. The molecule has 0 aromatic heterocycles. The van der Waals surface area contributed by atoms with Crippen molar-refractivity contribution >= 4 is 23.8 Å². The highest BCUT2D eigenvalue weighted by molar-refractivity contribution is 5.96. The average Bonchev–Trinajstić information content (AvgIpc) is 0.685. The lowest BCUT2D eigenvalue weighted by atomic mass is 9.44. The van der Waals surface area contributed by atoms with Gasteiger partial charge in [0.25, 0.3) is 11.8 Å². The van der Waals surface area contributed by atoms with E-state index in [0.717, 1.165) is 75.3 Å². The Morgan fingerprint density at radius 3 is 0.854 bits per heavy atom. The van der Waals surface area contributed by atoms with E-state index in [2.05, 4.69) is 149 Å². The summed E-state index contributed by atoms with van der Waals surface area (Å²) in [5.41, 5.74) is 16.4. The Balaban J connectivity index is 0.885. The standard InChI is InChI=1S/C122H190N2O6/c1-9-15-21-27-33-39-45-51-57-63-73-97-87-103(88-98(74-64-58-52-46-40-34-28-22-16-10-2)105(97)77-67-61-55-49-43-37-31-25-19-13-5)119(125)123-93-95(7)129-121(127)101-83-85-111-113(91-101)117-109-81-71-69-79-107(109)115(111)116-108-80-70-72-82-110(108)118(117)114-92-102(84-86-112(114)116)122(128)130-96(8)94-124-120(126)104-89-99(75-65-59-53-47-41-35-29-23-17-11-3)106(78-68-62-56-50-44-38-32-26-20-14-6)100(90-104)76-66-60-54-48-42-36-30-24-18-12-4/h69-72,79-92,95-96,107,109,112,114-118H,9-68,73-78,93-94H2,1-8H3,(H,123,125)(H,124,126)/t95-,96-,107?,109?,112?,114?,115?,116?,117?,118?/m1/s1. The second kappa shape index (κ2) is 64.6. The molecule has 724 valence electrons. The summed E-state index contributed by atoms with van der Waals surface area (Å²) < 4.78 is 12.9. The Hall–Kier alpha value is -6.28. The first-order chi connectivity index (χ1) is 63.9. The van der Waals surface area contributed by atoms with Crippen LogP contribution in [-0.2, 0) is 52.8 Å². The van der Waals surface area contributed by atoms with Crippen molar-refractivity contribution in [3.05, 3.63) is 187 Å². The van der Waals surface area contributed by atoms with Gasteiger partial charge >= 0.3 is 11.9 Å². The molecule has 8 aliphatic rings. The maximum Gasteiger partial charge on any atom is 0.338 e. The normalized spacial score (nSPS) is 18.4. The Morgan fingerprint density at radius 1 is 0.277 bits per heavy atom. The summed E-state index contributed by atoms with van der Waals surface area (Å²) in [5.74, 6) is -0.228. The first-order valence-electron chi connectivity index (χ1n) is 56.2. The molecule has 8 unspecified atom stereocenters. The van der Waals surface area contributed by atoms with Crippen LogP contribution in [0.1, 0.15) is 551 Å². The van der Waals surface area contributed by atoms with Crippen LogP contribution in [-0.4, -0.2) is 49.1 Å². The molecule has 12 rings (SSSR count). The number of nitrogens with one attached hydrogen (secondary N) is 2. The van der Waals surface area contributed by atoms with Crippen molar-refractivity contribution in [3.8, 4) is 0 Å². The predicted molar refractivity (Wildman–Crippen MR) is 555 cm³/mol. The fourth-order valence-corrected chi connectivity index (χ4v) is 23.3. The summed E-state index contributed by atoms with van der Waals surface area (Å²) in [7, 11) is 0. The smallest absolute Gasteiger partial charge is 0.338 e. The van der Waals surface area contributed by atoms with E-state index >= 15 is 0 Å². The number of hydrogen-bond acceptors (Lipinski definition) is 6. The van der Waals surface area contributed by atoms with Crippen LogP contribution in [0.15, 0.2) is 115 Å². The number of carbonyl (C=O) groups is 4. The van der Waals surface area contributed by atoms with Gasteiger partial charge in [-0.2, -0.15) is 0 Å². The molecule has 10 atom stereocenters. The fourth-order valence-electron chi connectivity index (χ4n) is 23.3. The van der Waals surface area contributed by atoms with E-state index < -0.39 is 12.2 Å². The predicted octanol–water partition coefficient (Wildman–Crippen LogP) is 35.0. The van der Waals surface area contributed by atoms with E-state index in [0.29, 0.717) is 11.1 Å². The van der Waals surface area contributed by atoms with Crippen molar-refractivity contribution in [2.45, 2.75) is 515 Å². The molecule has 8 nitrogen and oxygen atoms in total. The molecule has 1 saturated carbocycles. The van der Waals surface area contributed by atoms with Gasteiger partial charge in [0.15, 0.2) is 0 Å². The maximum absolute atomic E-state index is 14.9. The van der Waals surface area contributed by atoms with Crippen LogP contribution in [0.5, 0.6) is 0 Å². The summed E-state index contributed by atoms with van der Waals surface area (Å²) in [6.07, 6.45) is 99.7. The minimum Gasteiger partial charge on any atom is -0.457 e. The molecule has 1 fully saturated rings. The topological polar surface area (TPSA) is 111 Å². The van der Waals surface area contributed by atoms with Crippen molar-refractivity contribution in [2.75, 3.05) is 13.1 Å². The van der Waals surface area contributed by atoms with Crippen LogP contribution < -0.4 is 10.6 Å². The third-order valence-electron chi connectivity index (χ3n) is 30.8. The minimum absolute atomic E-state index is 0.0168. The molecule has 0 radical (unpaired) electrons. The van der Waals surface area contributed by atoms with E-state index in [1.54, 1.807) is 0 Å². The monoisotopic (exact) mass is 1780 g/mol. The van der Waals surface area contributed by atoms with Crippen LogP contribution in [0.4, 0.5) is 0 Å². The van der Waals surface area contributed by atoms with Crippen LogP contribution in [0.25, 0.3) is 0 Å². The van der Waals surface area contributed by atoms with Crippen LogP contribution in [0.3, 0.4) is 0 Å². The van der Waals surface area contributed by atoms with E-state index in [-0.39, 0.29) is 84.2 Å². The highest BCUT2D eigenvalue weighted by Gasteiger charge is 2.58. The molecule has 4 bridgehead atoms. The van der Waals surface area contributed by atoms with Crippen LogP contribution >= 0.6 is 0 Å². The lowest BCUT2D eigenvalue weighted by molar-refractivity contribution is -0.142. The van der Waals surface area contributed by atoms with Gasteiger partial charge in [0, 0.05) is 11.1 Å². The van der Waals surface area contributed by atoms with Gasteiger partial charge in [0.05, 0.1) is 24.2 Å². The summed E-state index contributed by atoms with van der Waals surface area (Å²) >= 11 is 0. The molecule has 0 heterocycles. The molecular weight excluding hydrogens is 1590 g/mol. The van der Waals surface area contributed by atoms with E-state index in [9.17, 15) is 19.2 Å². The molecule has 4 aromatic carbocycles. The molecule has 2 amide bonds. The molecule has 0 saturated heterocycles. The van der Waals surface area contributed by atoms with Gasteiger partial charge in [-0.1, -0.05) is 461 Å². The average molecular weight is 1780 g/mol. The molecule has 130 heavy (non-hydrogen) atoms. The number of esters is 2. The van der Waals surface area contributed by atoms with Crippen molar-refractivity contribution < 1.29 is 28.7 Å².